The first-order valence-corrected chi connectivity index (χ1v) is 7.02. The number of halogens is 1. The van der Waals surface area contributed by atoms with Crippen LogP contribution in [0.5, 0.6) is 5.75 Å². The zero-order chi connectivity index (χ0) is 14.5. The third-order valence-corrected chi connectivity index (χ3v) is 3.62. The van der Waals surface area contributed by atoms with Crippen LogP contribution in [0.2, 0.25) is 0 Å². The largest absolute Gasteiger partial charge is 0.496 e. The van der Waals surface area contributed by atoms with Gasteiger partial charge in [0, 0.05) is 25.7 Å². The van der Waals surface area contributed by atoms with Crippen molar-refractivity contribution in [2.75, 3.05) is 26.7 Å². The summed E-state index contributed by atoms with van der Waals surface area (Å²) >= 11 is 0. The summed E-state index contributed by atoms with van der Waals surface area (Å²) < 4.78 is 18.6. The van der Waals surface area contributed by atoms with Crippen LogP contribution in [0, 0.1) is 5.82 Å². The lowest BCUT2D eigenvalue weighted by molar-refractivity contribution is 0.0620. The number of carbonyl (C=O) groups excluding carboxylic acids is 1. The molecule has 1 aromatic rings. The molecule has 1 unspecified atom stereocenters. The van der Waals surface area contributed by atoms with Crippen LogP contribution < -0.4 is 10.1 Å². The van der Waals surface area contributed by atoms with Gasteiger partial charge >= 0.3 is 0 Å². The molecular formula is C15H21FN2O2. The quantitative estimate of drug-likeness (QED) is 0.918. The van der Waals surface area contributed by atoms with E-state index in [0.717, 1.165) is 25.9 Å². The first-order valence-electron chi connectivity index (χ1n) is 7.02. The Kier molecular flexibility index (Phi) is 4.95. The Morgan fingerprint density at radius 1 is 1.55 bits per heavy atom. The number of carbonyl (C=O) groups is 1. The normalized spacial score (nSPS) is 18.9. The molecule has 0 bridgehead atoms. The van der Waals surface area contributed by atoms with Crippen molar-refractivity contribution in [2.24, 2.45) is 0 Å². The molecule has 110 valence electrons. The summed E-state index contributed by atoms with van der Waals surface area (Å²) in [5.74, 6) is -0.150. The second-order valence-electron chi connectivity index (χ2n) is 4.99. The van der Waals surface area contributed by atoms with Crippen LogP contribution >= 0.6 is 0 Å². The Bertz CT molecular complexity index is 477. The molecule has 0 radical (unpaired) electrons. The molecule has 1 amide bonds. The van der Waals surface area contributed by atoms with Gasteiger partial charge in [-0.2, -0.15) is 0 Å². The van der Waals surface area contributed by atoms with E-state index in [-0.39, 0.29) is 11.9 Å². The second kappa shape index (κ2) is 6.70. The van der Waals surface area contributed by atoms with Gasteiger partial charge in [0.25, 0.3) is 5.91 Å². The lowest BCUT2D eigenvalue weighted by Crippen LogP contribution is -2.53. The average molecular weight is 280 g/mol. The molecule has 5 heteroatoms. The molecule has 1 aliphatic heterocycles. The van der Waals surface area contributed by atoms with Crippen molar-refractivity contribution < 1.29 is 13.9 Å². The number of rotatable bonds is 4. The van der Waals surface area contributed by atoms with E-state index in [1.165, 1.54) is 25.3 Å². The lowest BCUT2D eigenvalue weighted by atomic mass is 10.1. The Balaban J connectivity index is 2.26. The van der Waals surface area contributed by atoms with Crippen LogP contribution in [0.25, 0.3) is 0 Å². The van der Waals surface area contributed by atoms with Crippen LogP contribution in [0.15, 0.2) is 18.2 Å². The van der Waals surface area contributed by atoms with Gasteiger partial charge in [0.05, 0.1) is 12.7 Å². The Morgan fingerprint density at radius 2 is 2.35 bits per heavy atom. The van der Waals surface area contributed by atoms with Crippen LogP contribution in [-0.4, -0.2) is 43.6 Å². The summed E-state index contributed by atoms with van der Waals surface area (Å²) in [5.41, 5.74) is 0.301. The fourth-order valence-corrected chi connectivity index (χ4v) is 2.62. The molecule has 4 nitrogen and oxygen atoms in total. The lowest BCUT2D eigenvalue weighted by Gasteiger charge is -2.36. The summed E-state index contributed by atoms with van der Waals surface area (Å²) in [6, 6.07) is 4.22. The standard InChI is InChI=1S/C15H21FN2O2/c1-3-4-12-10-17-7-8-18(12)15(19)13-9-11(16)5-6-14(13)20-2/h5-6,9,12,17H,3-4,7-8,10H2,1-2H3. The highest BCUT2D eigenvalue weighted by Crippen LogP contribution is 2.23. The van der Waals surface area contributed by atoms with E-state index < -0.39 is 5.82 Å². The van der Waals surface area contributed by atoms with Gasteiger partial charge in [0.1, 0.15) is 11.6 Å². The topological polar surface area (TPSA) is 41.6 Å². The smallest absolute Gasteiger partial charge is 0.258 e. The third-order valence-electron chi connectivity index (χ3n) is 3.62. The van der Waals surface area contributed by atoms with E-state index in [1.807, 2.05) is 4.90 Å². The minimum atomic E-state index is -0.420. The molecule has 1 heterocycles. The number of amides is 1. The molecule has 1 aromatic carbocycles. The summed E-state index contributed by atoms with van der Waals surface area (Å²) in [5, 5.41) is 3.30. The van der Waals surface area contributed by atoms with Crippen LogP contribution in [0.3, 0.4) is 0 Å². The molecule has 1 N–H and O–H groups in total. The van der Waals surface area contributed by atoms with Crippen LogP contribution in [-0.2, 0) is 0 Å². The van der Waals surface area contributed by atoms with Crippen molar-refractivity contribution >= 4 is 5.91 Å². The van der Waals surface area contributed by atoms with Gasteiger partial charge < -0.3 is 15.0 Å². The van der Waals surface area contributed by atoms with Crippen molar-refractivity contribution in [1.29, 1.82) is 0 Å². The molecule has 1 saturated heterocycles. The Labute approximate surface area is 118 Å². The molecule has 1 fully saturated rings. The first-order chi connectivity index (χ1) is 9.67. The summed E-state index contributed by atoms with van der Waals surface area (Å²) in [6.07, 6.45) is 1.95. The zero-order valence-corrected chi connectivity index (χ0v) is 12.0. The maximum atomic E-state index is 13.4. The van der Waals surface area contributed by atoms with Gasteiger partial charge in [-0.1, -0.05) is 13.3 Å². The maximum absolute atomic E-state index is 13.4. The Morgan fingerprint density at radius 3 is 3.05 bits per heavy atom. The first kappa shape index (κ1) is 14.8. The van der Waals surface area contributed by atoms with Gasteiger partial charge in [0.15, 0.2) is 0 Å². The SMILES string of the molecule is CCCC1CNCCN1C(=O)c1cc(F)ccc1OC. The number of benzene rings is 1. The highest BCUT2D eigenvalue weighted by Gasteiger charge is 2.28. The van der Waals surface area contributed by atoms with Gasteiger partial charge in [-0.3, -0.25) is 4.79 Å². The van der Waals surface area contributed by atoms with Crippen LogP contribution in [0.1, 0.15) is 30.1 Å². The number of methoxy groups -OCH3 is 1. The Hall–Kier alpha value is -1.62. The minimum absolute atomic E-state index is 0.152. The van der Waals surface area contributed by atoms with Crippen molar-refractivity contribution in [1.82, 2.24) is 10.2 Å². The molecule has 20 heavy (non-hydrogen) atoms. The second-order valence-corrected chi connectivity index (χ2v) is 4.99. The summed E-state index contributed by atoms with van der Waals surface area (Å²) in [7, 11) is 1.49. The summed E-state index contributed by atoms with van der Waals surface area (Å²) in [4.78, 5) is 14.5. The van der Waals surface area contributed by atoms with Crippen molar-refractivity contribution in [2.45, 2.75) is 25.8 Å². The number of nitrogens with one attached hydrogen (secondary N) is 1. The predicted octanol–water partition coefficient (Wildman–Crippen LogP) is 2.05. The van der Waals surface area contributed by atoms with Gasteiger partial charge in [-0.25, -0.2) is 4.39 Å². The highest BCUT2D eigenvalue weighted by atomic mass is 19.1. The van der Waals surface area contributed by atoms with Gasteiger partial charge in [-0.15, -0.1) is 0 Å². The molecule has 2 rings (SSSR count). The number of ether oxygens (including phenoxy) is 1. The number of piperazine rings is 1. The predicted molar refractivity (Wildman–Crippen MR) is 75.6 cm³/mol. The fourth-order valence-electron chi connectivity index (χ4n) is 2.62. The van der Waals surface area contributed by atoms with E-state index in [2.05, 4.69) is 12.2 Å². The van der Waals surface area contributed by atoms with Crippen LogP contribution in [0.4, 0.5) is 4.39 Å². The summed E-state index contributed by atoms with van der Waals surface area (Å²) in [6.45, 7) is 4.30. The average Bonchev–Trinajstić information content (AvgIpc) is 2.47. The molecule has 0 aliphatic carbocycles. The van der Waals surface area contributed by atoms with E-state index in [0.29, 0.717) is 17.9 Å². The number of hydrogen-bond acceptors (Lipinski definition) is 3. The van der Waals surface area contributed by atoms with Gasteiger partial charge in [0.2, 0.25) is 0 Å². The van der Waals surface area contributed by atoms with Crippen molar-refractivity contribution in [3.8, 4) is 5.75 Å². The highest BCUT2D eigenvalue weighted by molar-refractivity contribution is 5.97. The maximum Gasteiger partial charge on any atom is 0.258 e. The molecule has 0 spiro atoms. The number of hydrogen-bond donors (Lipinski definition) is 1. The molecular weight excluding hydrogens is 259 g/mol. The van der Waals surface area contributed by atoms with Crippen molar-refractivity contribution in [3.05, 3.63) is 29.6 Å². The minimum Gasteiger partial charge on any atom is -0.496 e. The molecule has 0 saturated carbocycles. The number of nitrogens with zero attached hydrogens (tertiary/aromatic N) is 1. The van der Waals surface area contributed by atoms with Crippen molar-refractivity contribution in [3.63, 3.8) is 0 Å². The van der Waals surface area contributed by atoms with E-state index in [4.69, 9.17) is 4.74 Å². The monoisotopic (exact) mass is 280 g/mol. The van der Waals surface area contributed by atoms with E-state index >= 15 is 0 Å². The molecule has 1 aliphatic rings. The molecule has 1 atom stereocenters. The zero-order valence-electron chi connectivity index (χ0n) is 12.0. The third kappa shape index (κ3) is 3.10. The molecule has 0 aromatic heterocycles. The fraction of sp³-hybridized carbons (Fsp3) is 0.533. The van der Waals surface area contributed by atoms with E-state index in [1.54, 1.807) is 0 Å². The van der Waals surface area contributed by atoms with E-state index in [9.17, 15) is 9.18 Å². The van der Waals surface area contributed by atoms with Gasteiger partial charge in [-0.05, 0) is 24.6 Å².